The van der Waals surface area contributed by atoms with Crippen LogP contribution in [0.1, 0.15) is 35.6 Å². The lowest BCUT2D eigenvalue weighted by molar-refractivity contribution is -0.118. The van der Waals surface area contributed by atoms with E-state index in [1.54, 1.807) is 11.4 Å². The molecule has 3 rings (SSSR count). The molecule has 1 aromatic heterocycles. The van der Waals surface area contributed by atoms with Crippen LogP contribution >= 0.6 is 11.3 Å². The zero-order valence-corrected chi connectivity index (χ0v) is 13.2. The Labute approximate surface area is 138 Å². The fourth-order valence-electron chi connectivity index (χ4n) is 2.73. The van der Waals surface area contributed by atoms with Gasteiger partial charge in [0.05, 0.1) is 11.7 Å². The zero-order valence-electron chi connectivity index (χ0n) is 12.4. The third-order valence-corrected chi connectivity index (χ3v) is 4.66. The molecule has 23 heavy (non-hydrogen) atoms. The molecular weight excluding hydrogens is 312 g/mol. The van der Waals surface area contributed by atoms with Crippen molar-refractivity contribution in [1.29, 1.82) is 5.26 Å². The minimum Gasteiger partial charge on any atom is -0.483 e. The molecule has 1 amide bonds. The number of benzene rings is 1. The van der Waals surface area contributed by atoms with Crippen LogP contribution in [0.5, 0.6) is 5.75 Å². The van der Waals surface area contributed by atoms with Gasteiger partial charge in [-0.25, -0.2) is 0 Å². The molecule has 1 atom stereocenters. The summed E-state index contributed by atoms with van der Waals surface area (Å²) in [5.74, 6) is 0.334. The number of thiophene rings is 1. The van der Waals surface area contributed by atoms with Crippen LogP contribution in [0.4, 0.5) is 5.00 Å². The lowest BCUT2D eigenvalue weighted by atomic mass is 9.89. The average Bonchev–Trinajstić information content (AvgIpc) is 3.00. The van der Waals surface area contributed by atoms with E-state index in [-0.39, 0.29) is 12.5 Å². The highest BCUT2D eigenvalue weighted by molar-refractivity contribution is 7.14. The predicted molar refractivity (Wildman–Crippen MR) is 87.5 cm³/mol. The van der Waals surface area contributed by atoms with Crippen molar-refractivity contribution in [1.82, 2.24) is 0 Å². The van der Waals surface area contributed by atoms with Gasteiger partial charge in [0.2, 0.25) is 0 Å². The van der Waals surface area contributed by atoms with Gasteiger partial charge in [-0.15, -0.1) is 11.3 Å². The summed E-state index contributed by atoms with van der Waals surface area (Å²) in [4.78, 5) is 12.0. The number of aliphatic hydroxyl groups is 1. The Morgan fingerprint density at radius 2 is 2.35 bits per heavy atom. The smallest absolute Gasteiger partial charge is 0.262 e. The third-order valence-electron chi connectivity index (χ3n) is 3.83. The van der Waals surface area contributed by atoms with Crippen molar-refractivity contribution in [2.24, 2.45) is 0 Å². The molecule has 1 heterocycles. The van der Waals surface area contributed by atoms with Gasteiger partial charge in [0.1, 0.15) is 16.8 Å². The summed E-state index contributed by atoms with van der Waals surface area (Å²) < 4.78 is 5.64. The number of nitrogens with zero attached hydrogens (tertiary/aromatic N) is 1. The molecule has 5 nitrogen and oxygen atoms in total. The van der Waals surface area contributed by atoms with Crippen molar-refractivity contribution >= 4 is 22.2 Å². The monoisotopic (exact) mass is 328 g/mol. The van der Waals surface area contributed by atoms with Crippen LogP contribution in [-0.4, -0.2) is 17.6 Å². The van der Waals surface area contributed by atoms with Gasteiger partial charge in [0, 0.05) is 0 Å². The van der Waals surface area contributed by atoms with Gasteiger partial charge >= 0.3 is 0 Å². The summed E-state index contributed by atoms with van der Waals surface area (Å²) in [5, 5.41) is 23.9. The van der Waals surface area contributed by atoms with Crippen molar-refractivity contribution in [3.8, 4) is 11.8 Å². The Kier molecular flexibility index (Phi) is 4.60. The second kappa shape index (κ2) is 6.82. The lowest BCUT2D eigenvalue weighted by Gasteiger charge is -2.23. The van der Waals surface area contributed by atoms with Crippen LogP contribution in [0.15, 0.2) is 29.6 Å². The van der Waals surface area contributed by atoms with E-state index in [2.05, 4.69) is 5.32 Å². The molecule has 0 saturated heterocycles. The molecule has 0 unspecified atom stereocenters. The highest BCUT2D eigenvalue weighted by atomic mass is 32.1. The average molecular weight is 328 g/mol. The Morgan fingerprint density at radius 3 is 3.17 bits per heavy atom. The number of aliphatic hydroxyl groups excluding tert-OH is 1. The SMILES string of the molecule is N#Cc1ccsc1NC(=O)COc1cccc2c1CCC[C@@H]2O. The van der Waals surface area contributed by atoms with E-state index in [1.807, 2.05) is 24.3 Å². The van der Waals surface area contributed by atoms with E-state index in [1.165, 1.54) is 11.3 Å². The summed E-state index contributed by atoms with van der Waals surface area (Å²) in [6.07, 6.45) is 2.04. The van der Waals surface area contributed by atoms with Crippen molar-refractivity contribution < 1.29 is 14.6 Å². The van der Waals surface area contributed by atoms with E-state index < -0.39 is 6.10 Å². The lowest BCUT2D eigenvalue weighted by Crippen LogP contribution is -2.21. The maximum absolute atomic E-state index is 12.0. The Hall–Kier alpha value is -2.36. The van der Waals surface area contributed by atoms with Gasteiger partial charge in [-0.1, -0.05) is 12.1 Å². The molecule has 0 radical (unpaired) electrons. The van der Waals surface area contributed by atoms with E-state index in [4.69, 9.17) is 10.00 Å². The van der Waals surface area contributed by atoms with Crippen LogP contribution in [0, 0.1) is 11.3 Å². The molecule has 2 N–H and O–H groups in total. The minimum absolute atomic E-state index is 0.130. The largest absolute Gasteiger partial charge is 0.483 e. The molecule has 6 heteroatoms. The minimum atomic E-state index is -0.458. The van der Waals surface area contributed by atoms with E-state index >= 15 is 0 Å². The van der Waals surface area contributed by atoms with Crippen molar-refractivity contribution in [3.05, 3.63) is 46.3 Å². The Bertz CT molecular complexity index is 763. The number of hydrogen-bond acceptors (Lipinski definition) is 5. The summed E-state index contributed by atoms with van der Waals surface area (Å²) in [5.41, 5.74) is 2.32. The van der Waals surface area contributed by atoms with Gasteiger partial charge < -0.3 is 15.2 Å². The third kappa shape index (κ3) is 3.36. The fraction of sp³-hybridized carbons (Fsp3) is 0.294. The number of amides is 1. The first-order chi connectivity index (χ1) is 11.2. The van der Waals surface area contributed by atoms with Gasteiger partial charge in [-0.05, 0) is 47.9 Å². The fourth-order valence-corrected chi connectivity index (χ4v) is 3.48. The first-order valence-electron chi connectivity index (χ1n) is 7.39. The number of carbonyl (C=O) groups is 1. The number of anilines is 1. The van der Waals surface area contributed by atoms with Gasteiger partial charge in [-0.2, -0.15) is 5.26 Å². The highest BCUT2D eigenvalue weighted by Crippen LogP contribution is 2.35. The molecule has 118 valence electrons. The molecule has 0 aliphatic heterocycles. The highest BCUT2D eigenvalue weighted by Gasteiger charge is 2.21. The van der Waals surface area contributed by atoms with Crippen LogP contribution < -0.4 is 10.1 Å². The molecule has 2 aromatic rings. The number of hydrogen-bond donors (Lipinski definition) is 2. The van der Waals surface area contributed by atoms with E-state index in [0.29, 0.717) is 16.3 Å². The van der Waals surface area contributed by atoms with Crippen LogP contribution in [0.2, 0.25) is 0 Å². The van der Waals surface area contributed by atoms with Gasteiger partial charge in [0.25, 0.3) is 5.91 Å². The number of rotatable bonds is 4. The number of fused-ring (bicyclic) bond motifs is 1. The first kappa shape index (κ1) is 15.5. The van der Waals surface area contributed by atoms with Crippen molar-refractivity contribution in [2.45, 2.75) is 25.4 Å². The number of nitriles is 1. The number of nitrogens with one attached hydrogen (secondary N) is 1. The molecule has 1 aliphatic rings. The van der Waals surface area contributed by atoms with Gasteiger partial charge in [0.15, 0.2) is 6.61 Å². The Balaban J connectivity index is 1.66. The molecule has 1 aliphatic carbocycles. The maximum atomic E-state index is 12.0. The zero-order chi connectivity index (χ0) is 16.2. The van der Waals surface area contributed by atoms with E-state index in [0.717, 1.165) is 30.4 Å². The number of ether oxygens (including phenoxy) is 1. The quantitative estimate of drug-likeness (QED) is 0.904. The van der Waals surface area contributed by atoms with Gasteiger partial charge in [-0.3, -0.25) is 4.79 Å². The molecule has 0 saturated carbocycles. The maximum Gasteiger partial charge on any atom is 0.262 e. The van der Waals surface area contributed by atoms with Crippen molar-refractivity contribution in [3.63, 3.8) is 0 Å². The summed E-state index contributed by atoms with van der Waals surface area (Å²) in [6, 6.07) is 9.23. The van der Waals surface area contributed by atoms with Crippen LogP contribution in [0.3, 0.4) is 0 Å². The van der Waals surface area contributed by atoms with Crippen molar-refractivity contribution in [2.75, 3.05) is 11.9 Å². The first-order valence-corrected chi connectivity index (χ1v) is 8.27. The number of carbonyl (C=O) groups excluding carboxylic acids is 1. The normalized spacial score (nSPS) is 16.3. The van der Waals surface area contributed by atoms with Crippen LogP contribution in [-0.2, 0) is 11.2 Å². The topological polar surface area (TPSA) is 82.4 Å². The summed E-state index contributed by atoms with van der Waals surface area (Å²) >= 11 is 1.30. The standard InChI is InChI=1S/C17H16N2O3S/c18-9-11-7-8-23-17(11)19-16(21)10-22-15-6-2-3-12-13(15)4-1-5-14(12)20/h2-3,6-8,14,20H,1,4-5,10H2,(H,19,21)/t14-/m0/s1. The molecule has 0 spiro atoms. The van der Waals surface area contributed by atoms with Crippen LogP contribution in [0.25, 0.3) is 0 Å². The summed E-state index contributed by atoms with van der Waals surface area (Å²) in [6.45, 7) is -0.130. The van der Waals surface area contributed by atoms with E-state index in [9.17, 15) is 9.90 Å². The second-order valence-corrected chi connectivity index (χ2v) is 6.26. The molecule has 0 fully saturated rings. The Morgan fingerprint density at radius 1 is 1.48 bits per heavy atom. The summed E-state index contributed by atoms with van der Waals surface area (Å²) in [7, 11) is 0. The molecule has 1 aromatic carbocycles. The predicted octanol–water partition coefficient (Wildman–Crippen LogP) is 3.01. The molecule has 0 bridgehead atoms. The molecular formula is C17H16N2O3S. The second-order valence-electron chi connectivity index (χ2n) is 5.34.